The molecule has 0 aliphatic carbocycles. The molecule has 1 fully saturated rings. The Balaban J connectivity index is 2.26. The zero-order chi connectivity index (χ0) is 14.2. The molecule has 0 aromatic heterocycles. The van der Waals surface area contributed by atoms with Gasteiger partial charge in [-0.15, -0.1) is 0 Å². The topological polar surface area (TPSA) is 37.4 Å². The van der Waals surface area contributed by atoms with Crippen LogP contribution in [0.25, 0.3) is 0 Å². The van der Waals surface area contributed by atoms with Gasteiger partial charge >= 0.3 is 0 Å². The largest absolute Gasteiger partial charge is 0.308 e. The van der Waals surface area contributed by atoms with Crippen molar-refractivity contribution in [3.05, 3.63) is 29.6 Å². The number of anilines is 1. The van der Waals surface area contributed by atoms with Crippen molar-refractivity contribution in [1.29, 1.82) is 0 Å². The van der Waals surface area contributed by atoms with Gasteiger partial charge in [0.15, 0.2) is 22.6 Å². The van der Waals surface area contributed by atoms with Crippen molar-refractivity contribution in [2.24, 2.45) is 0 Å². The van der Waals surface area contributed by atoms with Crippen LogP contribution in [0, 0.1) is 17.5 Å². The third kappa shape index (κ3) is 2.75. The molecule has 1 heterocycles. The average molecular weight is 289 g/mol. The molecule has 102 valence electrons. The van der Waals surface area contributed by atoms with Crippen LogP contribution in [0.1, 0.15) is 13.3 Å². The van der Waals surface area contributed by atoms with Gasteiger partial charge in [0.25, 0.3) is 0 Å². The first-order valence-electron chi connectivity index (χ1n) is 5.51. The predicted molar refractivity (Wildman–Crippen MR) is 65.3 cm³/mol. The molecule has 19 heavy (non-hydrogen) atoms. The van der Waals surface area contributed by atoms with Crippen LogP contribution in [0.15, 0.2) is 12.1 Å². The summed E-state index contributed by atoms with van der Waals surface area (Å²) in [5, 5.41) is -0.442. The van der Waals surface area contributed by atoms with E-state index in [1.54, 1.807) is 0 Å². The number of carbonyl (C=O) groups is 2. The Hall–Kier alpha value is -1.50. The van der Waals surface area contributed by atoms with Gasteiger partial charge in [-0.25, -0.2) is 13.2 Å². The van der Waals surface area contributed by atoms with Crippen molar-refractivity contribution in [2.45, 2.75) is 18.6 Å². The quantitative estimate of drug-likeness (QED) is 0.785. The monoisotopic (exact) mass is 289 g/mol. The van der Waals surface area contributed by atoms with Crippen LogP contribution >= 0.6 is 11.8 Å². The second-order valence-electron chi connectivity index (χ2n) is 4.13. The van der Waals surface area contributed by atoms with E-state index in [0.29, 0.717) is 0 Å². The Morgan fingerprint density at radius 1 is 1.32 bits per heavy atom. The molecule has 0 N–H and O–H groups in total. The molecule has 7 heteroatoms. The lowest BCUT2D eigenvalue weighted by Crippen LogP contribution is -2.26. The molecule has 1 amide bonds. The third-order valence-corrected chi connectivity index (χ3v) is 3.71. The summed E-state index contributed by atoms with van der Waals surface area (Å²) < 4.78 is 39.6. The van der Waals surface area contributed by atoms with Gasteiger partial charge in [-0.1, -0.05) is 11.8 Å². The van der Waals surface area contributed by atoms with Gasteiger partial charge in [0.1, 0.15) is 0 Å². The first-order chi connectivity index (χ1) is 8.90. The predicted octanol–water partition coefficient (Wildman–Crippen LogP) is 2.49. The Morgan fingerprint density at radius 3 is 2.63 bits per heavy atom. The molecule has 0 radical (unpaired) electrons. The fourth-order valence-corrected chi connectivity index (χ4v) is 2.86. The van der Waals surface area contributed by atoms with Crippen LogP contribution in [-0.4, -0.2) is 22.8 Å². The third-order valence-electron chi connectivity index (χ3n) is 2.73. The van der Waals surface area contributed by atoms with Crippen molar-refractivity contribution >= 4 is 28.5 Å². The molecule has 1 atom stereocenters. The van der Waals surface area contributed by atoms with Gasteiger partial charge in [-0.3, -0.25) is 9.59 Å². The molecule has 1 unspecified atom stereocenters. The maximum absolute atomic E-state index is 13.6. The number of benzene rings is 1. The second kappa shape index (κ2) is 5.24. The van der Waals surface area contributed by atoms with Gasteiger partial charge in [0.05, 0.1) is 5.69 Å². The number of nitrogens with zero attached hydrogens (tertiary/aromatic N) is 1. The van der Waals surface area contributed by atoms with Crippen molar-refractivity contribution in [1.82, 2.24) is 0 Å². The molecule has 0 bridgehead atoms. The minimum Gasteiger partial charge on any atom is -0.308 e. The van der Waals surface area contributed by atoms with Crippen LogP contribution in [0.4, 0.5) is 18.9 Å². The lowest BCUT2D eigenvalue weighted by atomic mass is 10.2. The summed E-state index contributed by atoms with van der Waals surface area (Å²) in [6.45, 7) is 1.47. The lowest BCUT2D eigenvalue weighted by molar-refractivity contribution is -0.117. The SMILES string of the molecule is CC(=O)SC1CC(=O)N(c2ccc(F)c(F)c2F)C1. The molecule has 1 aromatic carbocycles. The number of hydrogen-bond donors (Lipinski definition) is 0. The molecule has 0 spiro atoms. The highest BCUT2D eigenvalue weighted by atomic mass is 32.2. The number of amides is 1. The van der Waals surface area contributed by atoms with E-state index in [4.69, 9.17) is 0 Å². The highest BCUT2D eigenvalue weighted by Gasteiger charge is 2.34. The first-order valence-corrected chi connectivity index (χ1v) is 6.39. The molecule has 3 nitrogen and oxygen atoms in total. The Morgan fingerprint density at radius 2 is 2.00 bits per heavy atom. The van der Waals surface area contributed by atoms with Crippen molar-refractivity contribution in [3.8, 4) is 0 Å². The number of halogens is 3. The van der Waals surface area contributed by atoms with Crippen LogP contribution in [0.3, 0.4) is 0 Å². The molecule has 2 rings (SSSR count). The number of hydrogen-bond acceptors (Lipinski definition) is 3. The van der Waals surface area contributed by atoms with Gasteiger partial charge in [0.2, 0.25) is 5.91 Å². The molecule has 1 aliphatic heterocycles. The number of rotatable bonds is 2. The van der Waals surface area contributed by atoms with Crippen molar-refractivity contribution in [2.75, 3.05) is 11.4 Å². The van der Waals surface area contributed by atoms with E-state index in [1.165, 1.54) is 6.92 Å². The Kier molecular flexibility index (Phi) is 3.84. The molecule has 0 saturated carbocycles. The van der Waals surface area contributed by atoms with Crippen LogP contribution in [0.2, 0.25) is 0 Å². The lowest BCUT2D eigenvalue weighted by Gasteiger charge is -2.17. The molecular formula is C12H10F3NO2S. The highest BCUT2D eigenvalue weighted by molar-refractivity contribution is 8.14. The summed E-state index contributed by atoms with van der Waals surface area (Å²) in [6.07, 6.45) is 0.0721. The zero-order valence-corrected chi connectivity index (χ0v) is 10.8. The number of carbonyl (C=O) groups excluding carboxylic acids is 2. The fraction of sp³-hybridized carbons (Fsp3) is 0.333. The van der Waals surface area contributed by atoms with E-state index in [0.717, 1.165) is 28.8 Å². The first kappa shape index (κ1) is 13.9. The van der Waals surface area contributed by atoms with Crippen LogP contribution in [-0.2, 0) is 9.59 Å². The molecule has 1 aromatic rings. The van der Waals surface area contributed by atoms with E-state index in [1.807, 2.05) is 0 Å². The second-order valence-corrected chi connectivity index (χ2v) is 5.61. The van der Waals surface area contributed by atoms with E-state index in [2.05, 4.69) is 0 Å². The summed E-state index contributed by atoms with van der Waals surface area (Å²) in [5.74, 6) is -4.71. The van der Waals surface area contributed by atoms with Crippen molar-refractivity contribution in [3.63, 3.8) is 0 Å². The maximum Gasteiger partial charge on any atom is 0.228 e. The van der Waals surface area contributed by atoms with Crippen molar-refractivity contribution < 1.29 is 22.8 Å². The maximum atomic E-state index is 13.6. The van der Waals surface area contributed by atoms with Gasteiger partial charge in [-0.2, -0.15) is 0 Å². The van der Waals surface area contributed by atoms with Gasteiger partial charge < -0.3 is 4.90 Å². The van der Waals surface area contributed by atoms with Gasteiger partial charge in [0, 0.05) is 25.1 Å². The van der Waals surface area contributed by atoms with Crippen LogP contribution in [0.5, 0.6) is 0 Å². The van der Waals surface area contributed by atoms with E-state index in [-0.39, 0.29) is 29.0 Å². The normalized spacial score (nSPS) is 19.1. The Labute approximate surface area is 111 Å². The zero-order valence-electron chi connectivity index (χ0n) is 9.95. The molecule has 1 aliphatic rings. The standard InChI is InChI=1S/C12H10F3NO2S/c1-6(17)19-7-4-10(18)16(5-7)9-3-2-8(13)11(14)12(9)15/h2-3,7H,4-5H2,1H3. The van der Waals surface area contributed by atoms with E-state index >= 15 is 0 Å². The minimum absolute atomic E-state index is 0.0721. The van der Waals surface area contributed by atoms with E-state index < -0.39 is 23.4 Å². The fourth-order valence-electron chi connectivity index (χ4n) is 1.95. The van der Waals surface area contributed by atoms with E-state index in [9.17, 15) is 22.8 Å². The summed E-state index contributed by atoms with van der Waals surface area (Å²) in [4.78, 5) is 23.7. The Bertz CT molecular complexity index is 550. The summed E-state index contributed by atoms with van der Waals surface area (Å²) in [7, 11) is 0. The molecular weight excluding hydrogens is 279 g/mol. The highest BCUT2D eigenvalue weighted by Crippen LogP contribution is 2.31. The number of thioether (sulfide) groups is 1. The minimum atomic E-state index is -1.60. The van der Waals surface area contributed by atoms with Crippen LogP contribution < -0.4 is 4.90 Å². The molecule has 1 saturated heterocycles. The summed E-state index contributed by atoms with van der Waals surface area (Å²) >= 11 is 0.986. The average Bonchev–Trinajstić information content (AvgIpc) is 2.66. The summed E-state index contributed by atoms with van der Waals surface area (Å²) in [5.41, 5.74) is -0.296. The van der Waals surface area contributed by atoms with Gasteiger partial charge in [-0.05, 0) is 12.1 Å². The summed E-state index contributed by atoms with van der Waals surface area (Å²) in [6, 6.07) is 1.79. The smallest absolute Gasteiger partial charge is 0.228 e.